The van der Waals surface area contributed by atoms with Crippen LogP contribution in [0, 0.1) is 13.8 Å². The summed E-state index contributed by atoms with van der Waals surface area (Å²) >= 11 is 0. The van der Waals surface area contributed by atoms with Gasteiger partial charge < -0.3 is 20.1 Å². The lowest BCUT2D eigenvalue weighted by molar-refractivity contribution is 0.354. The molecule has 3 aromatic rings. The summed E-state index contributed by atoms with van der Waals surface area (Å²) in [6, 6.07) is 13.8. The summed E-state index contributed by atoms with van der Waals surface area (Å²) in [7, 11) is 3.26. The smallest absolute Gasteiger partial charge is 0.229 e. The van der Waals surface area contributed by atoms with E-state index >= 15 is 0 Å². The molecule has 0 bridgehead atoms. The summed E-state index contributed by atoms with van der Waals surface area (Å²) in [5.41, 5.74) is 4.41. The van der Waals surface area contributed by atoms with Crippen LogP contribution in [-0.2, 0) is 6.54 Å². The first kappa shape index (κ1) is 18.5. The number of nitrogens with one attached hydrogen (secondary N) is 2. The summed E-state index contributed by atoms with van der Waals surface area (Å²) in [6.07, 6.45) is 1.74. The van der Waals surface area contributed by atoms with Crippen molar-refractivity contribution >= 4 is 17.5 Å². The normalized spacial score (nSPS) is 10.4. The average Bonchev–Trinajstić information content (AvgIpc) is 2.69. The first-order valence-electron chi connectivity index (χ1n) is 8.71. The van der Waals surface area contributed by atoms with Crippen LogP contribution in [0.5, 0.6) is 11.5 Å². The van der Waals surface area contributed by atoms with Gasteiger partial charge in [0.25, 0.3) is 0 Å². The fourth-order valence-electron chi connectivity index (χ4n) is 2.82. The molecule has 6 nitrogen and oxygen atoms in total. The topological polar surface area (TPSA) is 68.3 Å². The number of anilines is 3. The van der Waals surface area contributed by atoms with Crippen molar-refractivity contribution in [2.24, 2.45) is 0 Å². The number of para-hydroxylation sites is 1. The molecule has 0 aliphatic heterocycles. The Labute approximate surface area is 159 Å². The summed E-state index contributed by atoms with van der Waals surface area (Å²) in [4.78, 5) is 8.88. The Hall–Kier alpha value is -3.28. The van der Waals surface area contributed by atoms with E-state index in [1.165, 1.54) is 0 Å². The van der Waals surface area contributed by atoms with Gasteiger partial charge in [-0.3, -0.25) is 0 Å². The Bertz CT molecular complexity index is 908. The van der Waals surface area contributed by atoms with Gasteiger partial charge in [0.2, 0.25) is 5.95 Å². The highest BCUT2D eigenvalue weighted by molar-refractivity contribution is 5.63. The Morgan fingerprint density at radius 3 is 2.37 bits per heavy atom. The van der Waals surface area contributed by atoms with Gasteiger partial charge in [-0.25, -0.2) is 4.98 Å². The lowest BCUT2D eigenvalue weighted by atomic mass is 10.1. The van der Waals surface area contributed by atoms with E-state index in [2.05, 4.69) is 46.6 Å². The molecule has 2 aromatic carbocycles. The van der Waals surface area contributed by atoms with E-state index in [1.54, 1.807) is 20.4 Å². The van der Waals surface area contributed by atoms with Crippen molar-refractivity contribution in [3.8, 4) is 11.5 Å². The monoisotopic (exact) mass is 364 g/mol. The highest BCUT2D eigenvalue weighted by Crippen LogP contribution is 2.28. The van der Waals surface area contributed by atoms with Crippen molar-refractivity contribution in [3.63, 3.8) is 0 Å². The van der Waals surface area contributed by atoms with Gasteiger partial charge in [-0.2, -0.15) is 4.98 Å². The molecule has 0 amide bonds. The fraction of sp³-hybridized carbons (Fsp3) is 0.238. The molecule has 0 aliphatic carbocycles. The summed E-state index contributed by atoms with van der Waals surface area (Å²) in [5, 5.41) is 6.63. The number of aromatic nitrogens is 2. The van der Waals surface area contributed by atoms with Gasteiger partial charge in [0.1, 0.15) is 5.82 Å². The predicted molar refractivity (Wildman–Crippen MR) is 108 cm³/mol. The highest BCUT2D eigenvalue weighted by atomic mass is 16.5. The van der Waals surface area contributed by atoms with Gasteiger partial charge in [-0.15, -0.1) is 0 Å². The Morgan fingerprint density at radius 1 is 0.926 bits per heavy atom. The number of methoxy groups -OCH3 is 2. The van der Waals surface area contributed by atoms with Gasteiger partial charge in [-0.05, 0) is 48.7 Å². The maximum absolute atomic E-state index is 5.35. The van der Waals surface area contributed by atoms with Crippen LogP contribution >= 0.6 is 0 Å². The first-order valence-corrected chi connectivity index (χ1v) is 8.71. The van der Waals surface area contributed by atoms with E-state index < -0.39 is 0 Å². The lowest BCUT2D eigenvalue weighted by Crippen LogP contribution is -2.05. The number of benzene rings is 2. The van der Waals surface area contributed by atoms with Gasteiger partial charge in [0, 0.05) is 18.4 Å². The third-order valence-electron chi connectivity index (χ3n) is 4.30. The Balaban J connectivity index is 1.71. The maximum Gasteiger partial charge on any atom is 0.229 e. The van der Waals surface area contributed by atoms with Gasteiger partial charge >= 0.3 is 0 Å². The van der Waals surface area contributed by atoms with Crippen LogP contribution in [0.25, 0.3) is 0 Å². The van der Waals surface area contributed by atoms with E-state index in [0.29, 0.717) is 24.0 Å². The molecule has 0 spiro atoms. The van der Waals surface area contributed by atoms with Crippen LogP contribution < -0.4 is 20.1 Å². The van der Waals surface area contributed by atoms with Gasteiger partial charge in [0.05, 0.1) is 14.2 Å². The molecule has 3 rings (SSSR count). The molecule has 0 atom stereocenters. The molecule has 0 fully saturated rings. The second-order valence-corrected chi connectivity index (χ2v) is 6.20. The molecular weight excluding hydrogens is 340 g/mol. The molecule has 0 saturated heterocycles. The molecule has 2 N–H and O–H groups in total. The van der Waals surface area contributed by atoms with Crippen molar-refractivity contribution in [2.75, 3.05) is 24.9 Å². The van der Waals surface area contributed by atoms with Gasteiger partial charge in [0.15, 0.2) is 11.5 Å². The molecule has 6 heteroatoms. The third kappa shape index (κ3) is 4.47. The van der Waals surface area contributed by atoms with E-state index in [1.807, 2.05) is 30.3 Å². The van der Waals surface area contributed by atoms with Crippen LogP contribution in [0.4, 0.5) is 17.5 Å². The minimum atomic E-state index is 0.560. The Morgan fingerprint density at radius 2 is 1.67 bits per heavy atom. The van der Waals surface area contributed by atoms with Crippen LogP contribution in [0.15, 0.2) is 48.7 Å². The van der Waals surface area contributed by atoms with E-state index in [4.69, 9.17) is 9.47 Å². The standard InChI is InChI=1S/C21H24N4O2/c1-14-6-5-7-15(2)20(14)25-21-22-11-10-19(24-21)23-13-16-8-9-17(26-3)18(12-16)27-4/h5-12H,13H2,1-4H3,(H2,22,23,24,25). The van der Waals surface area contributed by atoms with Crippen LogP contribution in [0.2, 0.25) is 0 Å². The zero-order valence-electron chi connectivity index (χ0n) is 16.0. The van der Waals surface area contributed by atoms with Gasteiger partial charge in [-0.1, -0.05) is 24.3 Å². The zero-order chi connectivity index (χ0) is 19.2. The molecule has 1 aromatic heterocycles. The van der Waals surface area contributed by atoms with Crippen LogP contribution in [0.1, 0.15) is 16.7 Å². The lowest BCUT2D eigenvalue weighted by Gasteiger charge is -2.13. The van der Waals surface area contributed by atoms with Crippen molar-refractivity contribution in [3.05, 3.63) is 65.4 Å². The third-order valence-corrected chi connectivity index (χ3v) is 4.30. The fourth-order valence-corrected chi connectivity index (χ4v) is 2.82. The molecule has 0 unspecified atom stereocenters. The molecule has 0 aliphatic rings. The van der Waals surface area contributed by atoms with Crippen molar-refractivity contribution in [2.45, 2.75) is 20.4 Å². The maximum atomic E-state index is 5.35. The van der Waals surface area contributed by atoms with Crippen LogP contribution in [0.3, 0.4) is 0 Å². The number of hydrogen-bond donors (Lipinski definition) is 2. The number of aryl methyl sites for hydroxylation is 2. The number of ether oxygens (including phenoxy) is 2. The average molecular weight is 364 g/mol. The number of rotatable bonds is 7. The highest BCUT2D eigenvalue weighted by Gasteiger charge is 2.07. The predicted octanol–water partition coefficient (Wildman–Crippen LogP) is 4.47. The molecule has 0 saturated carbocycles. The van der Waals surface area contributed by atoms with E-state index in [9.17, 15) is 0 Å². The van der Waals surface area contributed by atoms with Crippen molar-refractivity contribution < 1.29 is 9.47 Å². The number of nitrogens with zero attached hydrogens (tertiary/aromatic N) is 2. The molecule has 0 radical (unpaired) electrons. The molecule has 140 valence electrons. The Kier molecular flexibility index (Phi) is 5.76. The molecule has 1 heterocycles. The van der Waals surface area contributed by atoms with Crippen molar-refractivity contribution in [1.82, 2.24) is 9.97 Å². The number of hydrogen-bond acceptors (Lipinski definition) is 6. The minimum Gasteiger partial charge on any atom is -0.493 e. The zero-order valence-corrected chi connectivity index (χ0v) is 16.0. The summed E-state index contributed by atoms with van der Waals surface area (Å²) < 4.78 is 10.6. The van der Waals surface area contributed by atoms with Crippen molar-refractivity contribution in [1.29, 1.82) is 0 Å². The second-order valence-electron chi connectivity index (χ2n) is 6.20. The SMILES string of the molecule is COc1ccc(CNc2ccnc(Nc3c(C)cccc3C)n2)cc1OC. The molecule has 27 heavy (non-hydrogen) atoms. The summed E-state index contributed by atoms with van der Waals surface area (Å²) in [5.74, 6) is 2.72. The van der Waals surface area contributed by atoms with Crippen LogP contribution in [-0.4, -0.2) is 24.2 Å². The minimum absolute atomic E-state index is 0.560. The van der Waals surface area contributed by atoms with E-state index in [-0.39, 0.29) is 0 Å². The quantitative estimate of drug-likeness (QED) is 0.645. The summed E-state index contributed by atoms with van der Waals surface area (Å²) in [6.45, 7) is 4.74. The second kappa shape index (κ2) is 8.40. The van der Waals surface area contributed by atoms with E-state index in [0.717, 1.165) is 28.2 Å². The molecular formula is C21H24N4O2. The first-order chi connectivity index (χ1) is 13.1. The largest absolute Gasteiger partial charge is 0.493 e.